The van der Waals surface area contributed by atoms with Crippen LogP contribution in [-0.4, -0.2) is 24.5 Å². The molecule has 0 amide bonds. The van der Waals surface area contributed by atoms with E-state index in [2.05, 4.69) is 12.0 Å². The minimum atomic E-state index is -3.14. The summed E-state index contributed by atoms with van der Waals surface area (Å²) in [5.41, 5.74) is 2.94. The van der Waals surface area contributed by atoms with Crippen LogP contribution in [-0.2, 0) is 16.3 Å². The molecule has 0 spiro atoms. The van der Waals surface area contributed by atoms with Gasteiger partial charge < -0.3 is 0 Å². The lowest BCUT2D eigenvalue weighted by atomic mass is 10.3. The first-order valence-corrected chi connectivity index (χ1v) is 7.67. The van der Waals surface area contributed by atoms with Gasteiger partial charge in [0.05, 0.1) is 16.3 Å². The number of benzene rings is 1. The molecular weight excluding hydrogens is 248 g/mol. The Morgan fingerprint density at radius 3 is 2.28 bits per heavy atom. The Morgan fingerprint density at radius 1 is 1.22 bits per heavy atom. The van der Waals surface area contributed by atoms with E-state index in [4.69, 9.17) is 0 Å². The van der Waals surface area contributed by atoms with Crippen LogP contribution in [0.5, 0.6) is 0 Å². The van der Waals surface area contributed by atoms with Gasteiger partial charge in [0.25, 0.3) is 0 Å². The topological polar surface area (TPSA) is 52.0 Å². The highest BCUT2D eigenvalue weighted by Crippen LogP contribution is 2.16. The zero-order valence-corrected chi connectivity index (χ0v) is 11.5. The summed E-state index contributed by atoms with van der Waals surface area (Å²) in [6.07, 6.45) is 2.09. The summed E-state index contributed by atoms with van der Waals surface area (Å²) in [6, 6.07) is 8.80. The summed E-state index contributed by atoms with van der Waals surface area (Å²) in [6.45, 7) is 4.04. The molecule has 18 heavy (non-hydrogen) atoms. The van der Waals surface area contributed by atoms with Gasteiger partial charge in [-0.3, -0.25) is 0 Å². The van der Waals surface area contributed by atoms with E-state index in [9.17, 15) is 8.42 Å². The molecule has 0 unspecified atom stereocenters. The molecule has 0 aliphatic heterocycles. The summed E-state index contributed by atoms with van der Waals surface area (Å²) in [5.74, 6) is 0. The minimum absolute atomic E-state index is 0.326. The quantitative estimate of drug-likeness (QED) is 0.853. The molecule has 0 N–H and O–H groups in total. The number of sulfone groups is 1. The number of rotatable bonds is 3. The number of hydrogen-bond donors (Lipinski definition) is 0. The van der Waals surface area contributed by atoms with E-state index in [1.807, 2.05) is 17.7 Å². The number of aryl methyl sites for hydroxylation is 2. The molecule has 0 saturated carbocycles. The predicted octanol–water partition coefficient (Wildman–Crippen LogP) is 2.15. The molecule has 0 bridgehead atoms. The first-order valence-electron chi connectivity index (χ1n) is 5.78. The molecule has 2 rings (SSSR count). The molecule has 0 radical (unpaired) electrons. The number of hydrogen-bond acceptors (Lipinski definition) is 3. The summed E-state index contributed by atoms with van der Waals surface area (Å²) in [4.78, 5) is 0.326. The monoisotopic (exact) mass is 264 g/mol. The maximum Gasteiger partial charge on any atom is 0.175 e. The Balaban J connectivity index is 2.43. The van der Waals surface area contributed by atoms with E-state index in [1.165, 1.54) is 6.26 Å². The van der Waals surface area contributed by atoms with Crippen molar-refractivity contribution in [3.05, 3.63) is 41.7 Å². The van der Waals surface area contributed by atoms with Gasteiger partial charge in [-0.15, -0.1) is 0 Å². The van der Waals surface area contributed by atoms with Crippen molar-refractivity contribution >= 4 is 9.84 Å². The van der Waals surface area contributed by atoms with Crippen LogP contribution in [0.2, 0.25) is 0 Å². The third-order valence-corrected chi connectivity index (χ3v) is 3.94. The Hall–Kier alpha value is -1.62. The van der Waals surface area contributed by atoms with E-state index in [1.54, 1.807) is 24.3 Å². The second-order valence-electron chi connectivity index (χ2n) is 4.31. The fraction of sp³-hybridized carbons (Fsp3) is 0.308. The van der Waals surface area contributed by atoms with Gasteiger partial charge in [-0.1, -0.05) is 6.92 Å². The SMILES string of the molecule is CCc1cc(C)n(-c2ccc(S(C)(=O)=O)cc2)n1. The third kappa shape index (κ3) is 2.46. The van der Waals surface area contributed by atoms with E-state index in [0.29, 0.717) is 4.90 Å². The lowest BCUT2D eigenvalue weighted by Gasteiger charge is -2.05. The fourth-order valence-corrected chi connectivity index (χ4v) is 2.44. The van der Waals surface area contributed by atoms with Crippen molar-refractivity contribution in [3.63, 3.8) is 0 Å². The van der Waals surface area contributed by atoms with Gasteiger partial charge in [0, 0.05) is 11.9 Å². The summed E-state index contributed by atoms with van der Waals surface area (Å²) < 4.78 is 24.6. The second-order valence-corrected chi connectivity index (χ2v) is 6.32. The predicted molar refractivity (Wildman–Crippen MR) is 70.8 cm³/mol. The molecule has 4 nitrogen and oxygen atoms in total. The van der Waals surface area contributed by atoms with Gasteiger partial charge in [-0.25, -0.2) is 13.1 Å². The summed E-state index contributed by atoms with van der Waals surface area (Å²) in [7, 11) is -3.14. The van der Waals surface area contributed by atoms with Crippen LogP contribution in [0.3, 0.4) is 0 Å². The highest BCUT2D eigenvalue weighted by molar-refractivity contribution is 7.90. The van der Waals surface area contributed by atoms with Crippen molar-refractivity contribution in [1.29, 1.82) is 0 Å². The molecule has 96 valence electrons. The van der Waals surface area contributed by atoms with Crippen molar-refractivity contribution < 1.29 is 8.42 Å². The Kier molecular flexibility index (Phi) is 3.26. The van der Waals surface area contributed by atoms with Crippen molar-refractivity contribution in [3.8, 4) is 5.69 Å². The van der Waals surface area contributed by atoms with Crippen LogP contribution in [0.15, 0.2) is 35.2 Å². The van der Waals surface area contributed by atoms with Gasteiger partial charge in [0.2, 0.25) is 0 Å². The Labute approximate surface area is 107 Å². The van der Waals surface area contributed by atoms with Crippen LogP contribution in [0.1, 0.15) is 18.3 Å². The molecule has 0 aliphatic carbocycles. The fourth-order valence-electron chi connectivity index (χ4n) is 1.81. The molecule has 0 saturated heterocycles. The van der Waals surface area contributed by atoms with Gasteiger partial charge >= 0.3 is 0 Å². The van der Waals surface area contributed by atoms with E-state index in [-0.39, 0.29) is 0 Å². The maximum absolute atomic E-state index is 11.4. The molecule has 1 heterocycles. The normalized spacial score (nSPS) is 11.7. The van der Waals surface area contributed by atoms with Crippen molar-refractivity contribution in [2.45, 2.75) is 25.2 Å². The van der Waals surface area contributed by atoms with Crippen LogP contribution >= 0.6 is 0 Å². The van der Waals surface area contributed by atoms with Crippen LogP contribution in [0.25, 0.3) is 5.69 Å². The highest BCUT2D eigenvalue weighted by Gasteiger charge is 2.08. The van der Waals surface area contributed by atoms with E-state index in [0.717, 1.165) is 23.5 Å². The number of nitrogens with zero attached hydrogens (tertiary/aromatic N) is 2. The number of aromatic nitrogens is 2. The molecular formula is C13H16N2O2S. The van der Waals surface area contributed by atoms with Crippen LogP contribution in [0, 0.1) is 6.92 Å². The van der Waals surface area contributed by atoms with Gasteiger partial charge in [-0.05, 0) is 43.7 Å². The summed E-state index contributed by atoms with van der Waals surface area (Å²) >= 11 is 0. The summed E-state index contributed by atoms with van der Waals surface area (Å²) in [5, 5.41) is 4.46. The second kappa shape index (κ2) is 4.57. The zero-order valence-electron chi connectivity index (χ0n) is 10.7. The standard InChI is InChI=1S/C13H16N2O2S/c1-4-11-9-10(2)15(14-11)12-5-7-13(8-6-12)18(3,16)17/h5-9H,4H2,1-3H3. The van der Waals surface area contributed by atoms with Gasteiger partial charge in [0.15, 0.2) is 9.84 Å². The lowest BCUT2D eigenvalue weighted by molar-refractivity contribution is 0.602. The largest absolute Gasteiger partial charge is 0.238 e. The third-order valence-electron chi connectivity index (χ3n) is 2.81. The minimum Gasteiger partial charge on any atom is -0.238 e. The zero-order chi connectivity index (χ0) is 13.3. The average Bonchev–Trinajstić information content (AvgIpc) is 2.70. The first-order chi connectivity index (χ1) is 8.41. The van der Waals surface area contributed by atoms with Crippen LogP contribution < -0.4 is 0 Å². The Bertz CT molecular complexity index is 655. The smallest absolute Gasteiger partial charge is 0.175 e. The molecule has 1 aromatic carbocycles. The lowest BCUT2D eigenvalue weighted by Crippen LogP contribution is -2.01. The van der Waals surface area contributed by atoms with Gasteiger partial charge in [0.1, 0.15) is 0 Å². The molecule has 2 aromatic rings. The van der Waals surface area contributed by atoms with Crippen LogP contribution in [0.4, 0.5) is 0 Å². The molecule has 0 aliphatic rings. The van der Waals surface area contributed by atoms with E-state index >= 15 is 0 Å². The average molecular weight is 264 g/mol. The first kappa shape index (κ1) is 12.8. The highest BCUT2D eigenvalue weighted by atomic mass is 32.2. The van der Waals surface area contributed by atoms with E-state index < -0.39 is 9.84 Å². The molecule has 0 fully saturated rings. The Morgan fingerprint density at radius 2 is 1.83 bits per heavy atom. The van der Waals surface area contributed by atoms with Crippen molar-refractivity contribution in [2.75, 3.05) is 6.26 Å². The maximum atomic E-state index is 11.4. The van der Waals surface area contributed by atoms with Gasteiger partial charge in [-0.2, -0.15) is 5.10 Å². The molecule has 1 aromatic heterocycles. The van der Waals surface area contributed by atoms with Crippen molar-refractivity contribution in [1.82, 2.24) is 9.78 Å². The molecule has 5 heteroatoms. The van der Waals surface area contributed by atoms with Crippen molar-refractivity contribution in [2.24, 2.45) is 0 Å². The molecule has 0 atom stereocenters.